The maximum absolute atomic E-state index is 12.5. The van der Waals surface area contributed by atoms with E-state index in [0.29, 0.717) is 5.41 Å². The molecular weight excluding hydrogens is 262 g/mol. The number of likely N-dealkylation sites (tertiary alicyclic amines) is 1. The van der Waals surface area contributed by atoms with E-state index in [-0.39, 0.29) is 12.0 Å². The molecule has 2 saturated heterocycles. The number of benzene rings is 1. The zero-order valence-corrected chi connectivity index (χ0v) is 12.5. The lowest BCUT2D eigenvalue weighted by molar-refractivity contribution is -0.142. The number of ether oxygens (including phenoxy) is 1. The summed E-state index contributed by atoms with van der Waals surface area (Å²) >= 11 is 0. The number of hydrogen-bond acceptors (Lipinski definition) is 2. The number of rotatable bonds is 1. The molecule has 2 aliphatic heterocycles. The van der Waals surface area contributed by atoms with Crippen molar-refractivity contribution in [2.75, 3.05) is 19.7 Å². The van der Waals surface area contributed by atoms with Gasteiger partial charge in [0, 0.05) is 19.7 Å². The van der Waals surface area contributed by atoms with Gasteiger partial charge >= 0.3 is 0 Å². The summed E-state index contributed by atoms with van der Waals surface area (Å²) < 4.78 is 5.55. The number of carbonyl (C=O) groups excluding carboxylic acids is 1. The molecule has 1 aromatic carbocycles. The molecule has 112 valence electrons. The van der Waals surface area contributed by atoms with Crippen LogP contribution in [0, 0.1) is 0 Å². The first kappa shape index (κ1) is 13.3. The Kier molecular flexibility index (Phi) is 3.26. The van der Waals surface area contributed by atoms with Crippen molar-refractivity contribution in [3.05, 3.63) is 35.4 Å². The molecule has 3 aliphatic rings. The lowest BCUT2D eigenvalue weighted by atomic mass is 9.74. The van der Waals surface area contributed by atoms with E-state index in [2.05, 4.69) is 24.3 Å². The molecule has 0 unspecified atom stereocenters. The molecule has 1 aliphatic carbocycles. The van der Waals surface area contributed by atoms with E-state index in [1.165, 1.54) is 18.4 Å². The highest BCUT2D eigenvalue weighted by Crippen LogP contribution is 2.46. The van der Waals surface area contributed by atoms with Gasteiger partial charge in [0.25, 0.3) is 5.91 Å². The molecule has 1 atom stereocenters. The zero-order valence-electron chi connectivity index (χ0n) is 12.5. The molecule has 21 heavy (non-hydrogen) atoms. The normalized spacial score (nSPS) is 27.0. The van der Waals surface area contributed by atoms with Crippen LogP contribution in [0.1, 0.15) is 43.2 Å². The predicted molar refractivity (Wildman–Crippen MR) is 81.2 cm³/mol. The van der Waals surface area contributed by atoms with Gasteiger partial charge in [-0.1, -0.05) is 24.3 Å². The van der Waals surface area contributed by atoms with Crippen LogP contribution in [0.2, 0.25) is 0 Å². The average Bonchev–Trinajstić information content (AvgIpc) is 3.17. The number of nitrogens with zero attached hydrogens (tertiary/aromatic N) is 1. The Morgan fingerprint density at radius 1 is 1.19 bits per heavy atom. The first-order valence-electron chi connectivity index (χ1n) is 8.27. The van der Waals surface area contributed by atoms with E-state index < -0.39 is 0 Å². The van der Waals surface area contributed by atoms with Crippen LogP contribution < -0.4 is 0 Å². The molecule has 2 heterocycles. The number of amides is 1. The third kappa shape index (κ3) is 2.18. The Morgan fingerprint density at radius 3 is 2.76 bits per heavy atom. The number of fused-ring (bicyclic) bond motifs is 2. The van der Waals surface area contributed by atoms with Gasteiger partial charge < -0.3 is 9.64 Å². The molecule has 3 heteroatoms. The Morgan fingerprint density at radius 2 is 2.00 bits per heavy atom. The van der Waals surface area contributed by atoms with Crippen LogP contribution >= 0.6 is 0 Å². The van der Waals surface area contributed by atoms with Crippen molar-refractivity contribution < 1.29 is 9.53 Å². The quantitative estimate of drug-likeness (QED) is 0.794. The minimum absolute atomic E-state index is 0.157. The van der Waals surface area contributed by atoms with Gasteiger partial charge in [0.05, 0.1) is 0 Å². The van der Waals surface area contributed by atoms with Crippen LogP contribution in [0.4, 0.5) is 0 Å². The van der Waals surface area contributed by atoms with Gasteiger partial charge in [0.2, 0.25) is 0 Å². The summed E-state index contributed by atoms with van der Waals surface area (Å²) in [6.07, 6.45) is 6.47. The topological polar surface area (TPSA) is 29.5 Å². The van der Waals surface area contributed by atoms with Crippen molar-refractivity contribution in [1.82, 2.24) is 4.90 Å². The van der Waals surface area contributed by atoms with Gasteiger partial charge in [-0.25, -0.2) is 0 Å². The highest BCUT2D eigenvalue weighted by atomic mass is 16.5. The van der Waals surface area contributed by atoms with E-state index in [0.717, 1.165) is 45.4 Å². The van der Waals surface area contributed by atoms with Gasteiger partial charge in [-0.05, 0) is 55.1 Å². The van der Waals surface area contributed by atoms with Gasteiger partial charge in [0.15, 0.2) is 0 Å². The molecular formula is C18H23NO2. The molecule has 0 N–H and O–H groups in total. The van der Waals surface area contributed by atoms with E-state index >= 15 is 0 Å². The van der Waals surface area contributed by atoms with Crippen molar-refractivity contribution in [3.63, 3.8) is 0 Å². The molecule has 0 radical (unpaired) electrons. The molecule has 0 saturated carbocycles. The molecule has 3 nitrogen and oxygen atoms in total. The lowest BCUT2D eigenvalue weighted by Crippen LogP contribution is -2.47. The first-order valence-corrected chi connectivity index (χ1v) is 8.27. The summed E-state index contributed by atoms with van der Waals surface area (Å²) in [6.45, 7) is 2.54. The maximum atomic E-state index is 12.5. The smallest absolute Gasteiger partial charge is 0.251 e. The van der Waals surface area contributed by atoms with Crippen molar-refractivity contribution in [2.45, 2.75) is 50.0 Å². The van der Waals surface area contributed by atoms with E-state index in [1.54, 1.807) is 5.56 Å². The summed E-state index contributed by atoms with van der Waals surface area (Å²) in [6, 6.07) is 8.89. The number of piperidine rings is 1. The van der Waals surface area contributed by atoms with Crippen molar-refractivity contribution in [2.24, 2.45) is 0 Å². The Bertz CT molecular complexity index is 540. The predicted octanol–water partition coefficient (Wildman–Crippen LogP) is 2.67. The van der Waals surface area contributed by atoms with Crippen LogP contribution in [-0.2, 0) is 21.4 Å². The molecule has 0 bridgehead atoms. The second-order valence-corrected chi connectivity index (χ2v) is 6.76. The van der Waals surface area contributed by atoms with Gasteiger partial charge in [-0.2, -0.15) is 0 Å². The van der Waals surface area contributed by atoms with Crippen LogP contribution in [-0.4, -0.2) is 36.6 Å². The zero-order chi connectivity index (χ0) is 14.3. The summed E-state index contributed by atoms with van der Waals surface area (Å²) in [5.41, 5.74) is 3.41. The Hall–Kier alpha value is -1.35. The van der Waals surface area contributed by atoms with E-state index in [1.807, 2.05) is 4.90 Å². The number of carbonyl (C=O) groups is 1. The summed E-state index contributed by atoms with van der Waals surface area (Å²) in [5.74, 6) is 0.230. The third-order valence-electron chi connectivity index (χ3n) is 5.70. The first-order chi connectivity index (χ1) is 10.3. The van der Waals surface area contributed by atoms with Crippen LogP contribution in [0.25, 0.3) is 0 Å². The second kappa shape index (κ2) is 5.13. The van der Waals surface area contributed by atoms with E-state index in [9.17, 15) is 4.79 Å². The van der Waals surface area contributed by atoms with Gasteiger partial charge in [0.1, 0.15) is 6.10 Å². The lowest BCUT2D eigenvalue weighted by Gasteiger charge is -2.40. The monoisotopic (exact) mass is 285 g/mol. The Balaban J connectivity index is 1.46. The highest BCUT2D eigenvalue weighted by Gasteiger charge is 2.42. The molecule has 2 fully saturated rings. The fourth-order valence-corrected chi connectivity index (χ4v) is 4.41. The molecule has 1 spiro atoms. The standard InChI is InChI=1S/C18H23NO2/c20-17(16-6-3-13-21-16)19-11-9-18(10-12-19)8-7-14-4-1-2-5-15(14)18/h1-2,4-5,16H,3,6-13H2/t16-/m1/s1. The average molecular weight is 285 g/mol. The van der Waals surface area contributed by atoms with Crippen molar-refractivity contribution >= 4 is 5.91 Å². The van der Waals surface area contributed by atoms with Crippen LogP contribution in [0.5, 0.6) is 0 Å². The summed E-state index contributed by atoms with van der Waals surface area (Å²) in [7, 11) is 0. The molecule has 4 rings (SSSR count). The van der Waals surface area contributed by atoms with Crippen LogP contribution in [0.15, 0.2) is 24.3 Å². The largest absolute Gasteiger partial charge is 0.368 e. The maximum Gasteiger partial charge on any atom is 0.251 e. The van der Waals surface area contributed by atoms with Crippen LogP contribution in [0.3, 0.4) is 0 Å². The molecule has 1 aromatic rings. The van der Waals surface area contributed by atoms with E-state index in [4.69, 9.17) is 4.74 Å². The second-order valence-electron chi connectivity index (χ2n) is 6.76. The summed E-state index contributed by atoms with van der Waals surface area (Å²) in [4.78, 5) is 14.5. The number of hydrogen-bond donors (Lipinski definition) is 0. The molecule has 0 aromatic heterocycles. The highest BCUT2D eigenvalue weighted by molar-refractivity contribution is 5.81. The number of aryl methyl sites for hydroxylation is 1. The molecule has 1 amide bonds. The minimum Gasteiger partial charge on any atom is -0.368 e. The SMILES string of the molecule is O=C([C@H]1CCCO1)N1CCC2(CCc3ccccc32)CC1. The van der Waals surface area contributed by atoms with Crippen molar-refractivity contribution in [3.8, 4) is 0 Å². The van der Waals surface area contributed by atoms with Gasteiger partial charge in [-0.3, -0.25) is 4.79 Å². The third-order valence-corrected chi connectivity index (χ3v) is 5.70. The minimum atomic E-state index is -0.157. The summed E-state index contributed by atoms with van der Waals surface area (Å²) in [5, 5.41) is 0. The fourth-order valence-electron chi connectivity index (χ4n) is 4.41. The van der Waals surface area contributed by atoms with Crippen molar-refractivity contribution in [1.29, 1.82) is 0 Å². The fraction of sp³-hybridized carbons (Fsp3) is 0.611. The Labute approximate surface area is 126 Å². The van der Waals surface area contributed by atoms with Gasteiger partial charge in [-0.15, -0.1) is 0 Å².